The summed E-state index contributed by atoms with van der Waals surface area (Å²) >= 11 is 9.64. The smallest absolute Gasteiger partial charge is 0.181 e. The molecule has 1 N–H and O–H groups in total. The predicted octanol–water partition coefficient (Wildman–Crippen LogP) is 2.49. The van der Waals surface area contributed by atoms with Gasteiger partial charge in [0.1, 0.15) is 5.75 Å². The highest BCUT2D eigenvalue weighted by atomic mass is 35.5. The molecular weight excluding hydrogens is 208 g/mol. The molecule has 0 aliphatic carbocycles. The summed E-state index contributed by atoms with van der Waals surface area (Å²) in [6.07, 6.45) is 0. The molecule has 70 valence electrons. The van der Waals surface area contributed by atoms with Crippen LogP contribution in [0.5, 0.6) is 5.75 Å². The summed E-state index contributed by atoms with van der Waals surface area (Å²) in [5, 5.41) is 8.66. The quantitative estimate of drug-likeness (QED) is 0.453. The van der Waals surface area contributed by atoms with E-state index in [2.05, 4.69) is 12.6 Å². The number of Topliss-reactive ketones (excluding diaryl/α,β-unsaturated/α-hetero) is 1. The van der Waals surface area contributed by atoms with Gasteiger partial charge in [-0.1, -0.05) is 6.07 Å². The lowest BCUT2D eigenvalue weighted by Crippen LogP contribution is -2.11. The van der Waals surface area contributed by atoms with Crippen LogP contribution >= 0.6 is 24.2 Å². The van der Waals surface area contributed by atoms with E-state index < -0.39 is 5.38 Å². The van der Waals surface area contributed by atoms with E-state index in [1.54, 1.807) is 19.1 Å². The molecule has 2 nitrogen and oxygen atoms in total. The molecule has 0 saturated heterocycles. The molecule has 13 heavy (non-hydrogen) atoms. The Kier molecular flexibility index (Phi) is 3.22. The molecule has 0 aliphatic rings. The standard InChI is InChI=1S/C9H9ClO2S/c1-5(10)8(12)6-3-2-4-7(11)9(6)13/h2-5,11,13H,1H3. The molecule has 1 aromatic rings. The minimum Gasteiger partial charge on any atom is -0.507 e. The summed E-state index contributed by atoms with van der Waals surface area (Å²) in [5.41, 5.74) is 0.353. The van der Waals surface area contributed by atoms with E-state index in [1.165, 1.54) is 6.07 Å². The Morgan fingerprint density at radius 1 is 1.62 bits per heavy atom. The first-order valence-electron chi connectivity index (χ1n) is 3.73. The van der Waals surface area contributed by atoms with Gasteiger partial charge in [0.15, 0.2) is 5.78 Å². The first kappa shape index (κ1) is 10.4. The lowest BCUT2D eigenvalue weighted by Gasteiger charge is -2.06. The van der Waals surface area contributed by atoms with E-state index in [-0.39, 0.29) is 16.4 Å². The maximum atomic E-state index is 11.4. The molecule has 1 aromatic carbocycles. The van der Waals surface area contributed by atoms with Gasteiger partial charge >= 0.3 is 0 Å². The normalized spacial score (nSPS) is 12.5. The van der Waals surface area contributed by atoms with Crippen molar-refractivity contribution in [3.63, 3.8) is 0 Å². The minimum atomic E-state index is -0.604. The van der Waals surface area contributed by atoms with Crippen LogP contribution in [0.2, 0.25) is 0 Å². The van der Waals surface area contributed by atoms with Gasteiger partial charge in [-0.2, -0.15) is 0 Å². The molecule has 1 unspecified atom stereocenters. The summed E-state index contributed by atoms with van der Waals surface area (Å²) in [7, 11) is 0. The summed E-state index contributed by atoms with van der Waals surface area (Å²) in [6, 6.07) is 4.64. The number of carbonyl (C=O) groups excluding carboxylic acids is 1. The van der Waals surface area contributed by atoms with E-state index in [4.69, 9.17) is 11.6 Å². The number of alkyl halides is 1. The Balaban J connectivity index is 3.15. The molecule has 4 heteroatoms. The number of hydrogen-bond donors (Lipinski definition) is 2. The fourth-order valence-electron chi connectivity index (χ4n) is 0.944. The molecule has 0 amide bonds. The highest BCUT2D eigenvalue weighted by Crippen LogP contribution is 2.26. The molecule has 0 aromatic heterocycles. The summed E-state index contributed by atoms with van der Waals surface area (Å²) in [4.78, 5) is 11.7. The summed E-state index contributed by atoms with van der Waals surface area (Å²) in [5.74, 6) is -0.242. The molecule has 0 aliphatic heterocycles. The van der Waals surface area contributed by atoms with Crippen LogP contribution in [0.15, 0.2) is 23.1 Å². The van der Waals surface area contributed by atoms with Gasteiger partial charge in [0, 0.05) is 5.56 Å². The number of phenols is 1. The van der Waals surface area contributed by atoms with Crippen molar-refractivity contribution >= 4 is 30.0 Å². The van der Waals surface area contributed by atoms with Gasteiger partial charge in [-0.25, -0.2) is 0 Å². The monoisotopic (exact) mass is 216 g/mol. The maximum Gasteiger partial charge on any atom is 0.181 e. The van der Waals surface area contributed by atoms with E-state index >= 15 is 0 Å². The van der Waals surface area contributed by atoms with Crippen LogP contribution in [0.1, 0.15) is 17.3 Å². The second kappa shape index (κ2) is 4.03. The fourth-order valence-corrected chi connectivity index (χ4v) is 1.32. The number of aromatic hydroxyl groups is 1. The first-order chi connectivity index (χ1) is 6.04. The van der Waals surface area contributed by atoms with Gasteiger partial charge in [-0.05, 0) is 19.1 Å². The van der Waals surface area contributed by atoms with Crippen LogP contribution in [0.25, 0.3) is 0 Å². The predicted molar refractivity (Wildman–Crippen MR) is 55.0 cm³/mol. The van der Waals surface area contributed by atoms with Gasteiger partial charge in [-0.15, -0.1) is 24.2 Å². The van der Waals surface area contributed by atoms with E-state index in [0.717, 1.165) is 0 Å². The first-order valence-corrected chi connectivity index (χ1v) is 4.61. The molecule has 0 saturated carbocycles. The van der Waals surface area contributed by atoms with Crippen molar-refractivity contribution in [3.8, 4) is 5.75 Å². The highest BCUT2D eigenvalue weighted by Gasteiger charge is 2.16. The van der Waals surface area contributed by atoms with E-state index in [0.29, 0.717) is 5.56 Å². The van der Waals surface area contributed by atoms with E-state index in [9.17, 15) is 9.90 Å². The van der Waals surface area contributed by atoms with Crippen molar-refractivity contribution in [2.45, 2.75) is 17.2 Å². The number of benzene rings is 1. The van der Waals surface area contributed by atoms with Gasteiger partial charge in [-0.3, -0.25) is 4.79 Å². The zero-order chi connectivity index (χ0) is 10.0. The zero-order valence-corrected chi connectivity index (χ0v) is 8.64. The number of ketones is 1. The number of thiol groups is 1. The Labute approximate surface area is 86.9 Å². The van der Waals surface area contributed by atoms with Crippen molar-refractivity contribution in [2.24, 2.45) is 0 Å². The SMILES string of the molecule is CC(Cl)C(=O)c1cccc(O)c1S. The molecule has 1 atom stereocenters. The van der Waals surface area contributed by atoms with Gasteiger partial charge in [0.05, 0.1) is 10.3 Å². The molecule has 0 bridgehead atoms. The lowest BCUT2D eigenvalue weighted by atomic mass is 10.1. The number of rotatable bonds is 2. The minimum absolute atomic E-state index is 0.00787. The average molecular weight is 217 g/mol. The van der Waals surface area contributed by atoms with Crippen LogP contribution in [-0.2, 0) is 0 Å². The Bertz CT molecular complexity index is 336. The third-order valence-corrected chi connectivity index (χ3v) is 2.31. The molecule has 0 heterocycles. The average Bonchev–Trinajstić information content (AvgIpc) is 2.08. The Morgan fingerprint density at radius 2 is 2.23 bits per heavy atom. The van der Waals surface area contributed by atoms with E-state index in [1.807, 2.05) is 0 Å². The lowest BCUT2D eigenvalue weighted by molar-refractivity contribution is 0.0988. The molecule has 0 fully saturated rings. The maximum absolute atomic E-state index is 11.4. The molecule has 0 radical (unpaired) electrons. The second-order valence-electron chi connectivity index (χ2n) is 2.65. The second-order valence-corrected chi connectivity index (χ2v) is 3.76. The van der Waals surface area contributed by atoms with Crippen LogP contribution < -0.4 is 0 Å². The highest BCUT2D eigenvalue weighted by molar-refractivity contribution is 7.80. The molecule has 1 rings (SSSR count). The summed E-state index contributed by atoms with van der Waals surface area (Å²) < 4.78 is 0. The van der Waals surface area contributed by atoms with Gasteiger partial charge in [0.2, 0.25) is 0 Å². The third-order valence-electron chi connectivity index (χ3n) is 1.64. The van der Waals surface area contributed by atoms with Crippen LogP contribution in [0.4, 0.5) is 0 Å². The van der Waals surface area contributed by atoms with Crippen molar-refractivity contribution in [2.75, 3.05) is 0 Å². The van der Waals surface area contributed by atoms with Crippen molar-refractivity contribution in [1.82, 2.24) is 0 Å². The van der Waals surface area contributed by atoms with Crippen molar-refractivity contribution in [1.29, 1.82) is 0 Å². The largest absolute Gasteiger partial charge is 0.507 e. The number of phenolic OH excluding ortho intramolecular Hbond substituents is 1. The number of carbonyl (C=O) groups is 1. The van der Waals surface area contributed by atoms with Crippen LogP contribution in [0, 0.1) is 0 Å². The molecular formula is C9H9ClO2S. The Morgan fingerprint density at radius 3 is 2.77 bits per heavy atom. The number of halogens is 1. The van der Waals surface area contributed by atoms with Gasteiger partial charge < -0.3 is 5.11 Å². The van der Waals surface area contributed by atoms with Gasteiger partial charge in [0.25, 0.3) is 0 Å². The van der Waals surface area contributed by atoms with Crippen molar-refractivity contribution in [3.05, 3.63) is 23.8 Å². The fraction of sp³-hybridized carbons (Fsp3) is 0.222. The van der Waals surface area contributed by atoms with Crippen molar-refractivity contribution < 1.29 is 9.90 Å². The molecule has 0 spiro atoms. The zero-order valence-electron chi connectivity index (χ0n) is 6.99. The third kappa shape index (κ3) is 2.17. The van der Waals surface area contributed by atoms with Crippen LogP contribution in [-0.4, -0.2) is 16.3 Å². The number of hydrogen-bond acceptors (Lipinski definition) is 3. The van der Waals surface area contributed by atoms with Crippen LogP contribution in [0.3, 0.4) is 0 Å². The summed E-state index contributed by atoms with van der Waals surface area (Å²) in [6.45, 7) is 1.58. The topological polar surface area (TPSA) is 37.3 Å². The Hall–Kier alpha value is -0.670.